The maximum Gasteiger partial charge on any atom is 0.337 e. The first-order chi connectivity index (χ1) is 16.6. The zero-order valence-electron chi connectivity index (χ0n) is 17.8. The molecule has 4 aromatic rings. The predicted molar refractivity (Wildman–Crippen MR) is 120 cm³/mol. The number of carbonyl (C=O) groups is 2. The highest BCUT2D eigenvalue weighted by Crippen LogP contribution is 2.29. The Morgan fingerprint density at radius 2 is 1.74 bits per heavy atom. The summed E-state index contributed by atoms with van der Waals surface area (Å²) < 4.78 is 16.2. The van der Waals surface area contributed by atoms with Gasteiger partial charge in [0.1, 0.15) is 6.61 Å². The van der Waals surface area contributed by atoms with Crippen molar-refractivity contribution in [2.45, 2.75) is 13.0 Å². The van der Waals surface area contributed by atoms with Gasteiger partial charge < -0.3 is 19.1 Å². The Morgan fingerprint density at radius 3 is 2.50 bits per heavy atom. The van der Waals surface area contributed by atoms with Crippen molar-refractivity contribution in [1.29, 1.82) is 0 Å². The third-order valence-electron chi connectivity index (χ3n) is 4.59. The summed E-state index contributed by atoms with van der Waals surface area (Å²) in [6.07, 6.45) is 5.15. The minimum absolute atomic E-state index is 0.0116. The van der Waals surface area contributed by atoms with Crippen molar-refractivity contribution in [2.24, 2.45) is 0 Å². The lowest BCUT2D eigenvalue weighted by atomic mass is 10.1. The molecule has 0 atom stereocenters. The molecule has 0 spiro atoms. The van der Waals surface area contributed by atoms with Crippen molar-refractivity contribution in [1.82, 2.24) is 15.1 Å². The number of benzene rings is 1. The highest BCUT2D eigenvalue weighted by Gasteiger charge is 2.15. The van der Waals surface area contributed by atoms with Crippen LogP contribution in [-0.2, 0) is 22.6 Å². The van der Waals surface area contributed by atoms with Gasteiger partial charge in [-0.05, 0) is 29.3 Å². The summed E-state index contributed by atoms with van der Waals surface area (Å²) in [6.45, 7) is 0.412. The fraction of sp³-hybridized carbons (Fsp3) is 0.0800. The molecule has 0 saturated heterocycles. The van der Waals surface area contributed by atoms with Gasteiger partial charge in [0.15, 0.2) is 5.76 Å². The molecule has 0 bridgehead atoms. The molecule has 4 rings (SSSR count). The summed E-state index contributed by atoms with van der Waals surface area (Å²) in [5.74, 6) is -1.20. The quantitative estimate of drug-likeness (QED) is 0.295. The van der Waals surface area contributed by atoms with E-state index in [1.165, 1.54) is 6.20 Å². The molecule has 34 heavy (non-hydrogen) atoms. The van der Waals surface area contributed by atoms with Crippen molar-refractivity contribution >= 4 is 11.9 Å². The first kappa shape index (κ1) is 22.4. The number of carbonyl (C=O) groups excluding carboxylic acids is 1. The zero-order valence-corrected chi connectivity index (χ0v) is 17.8. The van der Waals surface area contributed by atoms with Crippen LogP contribution < -0.4 is 9.47 Å². The number of rotatable bonds is 9. The van der Waals surface area contributed by atoms with E-state index >= 15 is 0 Å². The van der Waals surface area contributed by atoms with E-state index in [0.717, 1.165) is 17.2 Å². The fourth-order valence-electron chi connectivity index (χ4n) is 3.00. The number of hydrogen-bond acceptors (Lipinski definition) is 8. The van der Waals surface area contributed by atoms with Gasteiger partial charge in [-0.1, -0.05) is 35.5 Å². The number of nitrogens with zero attached hydrogens (tertiary/aromatic N) is 3. The van der Waals surface area contributed by atoms with Gasteiger partial charge in [0, 0.05) is 43.1 Å². The number of carboxylic acid groups (broad SMARTS) is 1. The number of carboxylic acids is 1. The second-order valence-corrected chi connectivity index (χ2v) is 7.08. The largest absolute Gasteiger partial charge is 0.478 e. The van der Waals surface area contributed by atoms with E-state index in [-0.39, 0.29) is 5.88 Å². The number of esters is 1. The molecule has 0 unspecified atom stereocenters. The Hall–Kier alpha value is -4.79. The number of pyridine rings is 2. The van der Waals surface area contributed by atoms with E-state index in [9.17, 15) is 9.59 Å². The molecule has 9 heteroatoms. The molecular formula is C25H19N3O6. The van der Waals surface area contributed by atoms with E-state index in [1.54, 1.807) is 30.5 Å². The van der Waals surface area contributed by atoms with Gasteiger partial charge in [-0.3, -0.25) is 0 Å². The van der Waals surface area contributed by atoms with Gasteiger partial charge in [-0.25, -0.2) is 19.6 Å². The van der Waals surface area contributed by atoms with Crippen molar-refractivity contribution in [3.8, 4) is 23.1 Å². The van der Waals surface area contributed by atoms with Crippen molar-refractivity contribution in [2.75, 3.05) is 0 Å². The van der Waals surface area contributed by atoms with E-state index < -0.39 is 11.9 Å². The molecule has 3 heterocycles. The first-order valence-electron chi connectivity index (χ1n) is 10.2. The predicted octanol–water partition coefficient (Wildman–Crippen LogP) is 3.85. The van der Waals surface area contributed by atoms with Gasteiger partial charge in [-0.2, -0.15) is 0 Å². The van der Waals surface area contributed by atoms with Crippen LogP contribution >= 0.6 is 0 Å². The van der Waals surface area contributed by atoms with Crippen molar-refractivity contribution < 1.29 is 28.7 Å². The Morgan fingerprint density at radius 1 is 0.941 bits per heavy atom. The Kier molecular flexibility index (Phi) is 7.04. The lowest BCUT2D eigenvalue weighted by Crippen LogP contribution is -2.07. The lowest BCUT2D eigenvalue weighted by Gasteiger charge is -2.05. The summed E-state index contributed by atoms with van der Waals surface area (Å²) >= 11 is 0. The van der Waals surface area contributed by atoms with Gasteiger partial charge >= 0.3 is 11.9 Å². The van der Waals surface area contributed by atoms with Crippen molar-refractivity contribution in [3.05, 3.63) is 102 Å². The minimum Gasteiger partial charge on any atom is -0.478 e. The SMILES string of the molecule is O=C(O)/C=C\C(=O)Oc1ncccc1-c1cc(Cc2ccc(COc3ccccn3)cc2)no1. The molecule has 9 nitrogen and oxygen atoms in total. The molecule has 0 aliphatic rings. The van der Waals surface area contributed by atoms with Crippen molar-refractivity contribution in [3.63, 3.8) is 0 Å². The number of hydrogen-bond donors (Lipinski definition) is 1. The van der Waals surface area contributed by atoms with E-state index in [4.69, 9.17) is 19.1 Å². The average molecular weight is 457 g/mol. The van der Waals surface area contributed by atoms with Crippen LogP contribution in [0.5, 0.6) is 11.8 Å². The van der Waals surface area contributed by atoms with Gasteiger partial charge in [0.05, 0.1) is 11.3 Å². The van der Waals surface area contributed by atoms with E-state index in [1.807, 2.05) is 36.4 Å². The molecule has 1 aromatic carbocycles. The average Bonchev–Trinajstić information content (AvgIpc) is 3.31. The second kappa shape index (κ2) is 10.7. The van der Waals surface area contributed by atoms with Crippen LogP contribution in [0.2, 0.25) is 0 Å². The van der Waals surface area contributed by atoms with Gasteiger partial charge in [0.25, 0.3) is 0 Å². The Bertz CT molecular complexity index is 1300. The van der Waals surface area contributed by atoms with Gasteiger partial charge in [0.2, 0.25) is 11.8 Å². The third-order valence-corrected chi connectivity index (χ3v) is 4.59. The third kappa shape index (κ3) is 6.13. The summed E-state index contributed by atoms with van der Waals surface area (Å²) in [4.78, 5) is 30.6. The standard InChI is InChI=1S/C25H19N3O6/c29-23(30)10-11-24(31)33-25-20(4-3-13-27-25)21-15-19(28-34-21)14-17-6-8-18(9-7-17)16-32-22-5-1-2-12-26-22/h1-13,15H,14,16H2,(H,29,30)/b11-10-. The van der Waals surface area contributed by atoms with Gasteiger partial charge in [-0.15, -0.1) is 0 Å². The highest BCUT2D eigenvalue weighted by molar-refractivity contribution is 5.92. The first-order valence-corrected chi connectivity index (χ1v) is 10.2. The molecular weight excluding hydrogens is 438 g/mol. The Labute approximate surface area is 194 Å². The molecule has 0 saturated carbocycles. The smallest absolute Gasteiger partial charge is 0.337 e. The minimum atomic E-state index is -1.26. The van der Waals surface area contributed by atoms with Crippen LogP contribution in [0.25, 0.3) is 11.3 Å². The highest BCUT2D eigenvalue weighted by atomic mass is 16.5. The van der Waals surface area contributed by atoms with Crippen LogP contribution in [0.15, 0.2) is 89.7 Å². The normalized spacial score (nSPS) is 10.8. The maximum atomic E-state index is 11.8. The van der Waals surface area contributed by atoms with Crippen LogP contribution in [0.3, 0.4) is 0 Å². The molecule has 170 valence electrons. The van der Waals surface area contributed by atoms with Crippen LogP contribution in [0.1, 0.15) is 16.8 Å². The maximum absolute atomic E-state index is 11.8. The lowest BCUT2D eigenvalue weighted by molar-refractivity contribution is -0.133. The monoisotopic (exact) mass is 457 g/mol. The second-order valence-electron chi connectivity index (χ2n) is 7.08. The zero-order chi connectivity index (χ0) is 23.8. The summed E-state index contributed by atoms with van der Waals surface area (Å²) in [7, 11) is 0. The number of aliphatic carboxylic acids is 1. The van der Waals surface area contributed by atoms with E-state index in [0.29, 0.717) is 42.0 Å². The summed E-state index contributed by atoms with van der Waals surface area (Å²) in [5, 5.41) is 12.7. The molecule has 0 aliphatic carbocycles. The molecule has 0 radical (unpaired) electrons. The van der Waals surface area contributed by atoms with Crippen LogP contribution in [0, 0.1) is 0 Å². The fourth-order valence-corrected chi connectivity index (χ4v) is 3.00. The number of ether oxygens (including phenoxy) is 2. The van der Waals surface area contributed by atoms with E-state index in [2.05, 4.69) is 15.1 Å². The Balaban J connectivity index is 1.40. The molecule has 1 N–H and O–H groups in total. The number of aromatic nitrogens is 3. The molecule has 3 aromatic heterocycles. The topological polar surface area (TPSA) is 125 Å². The van der Waals surface area contributed by atoms with Crippen LogP contribution in [-0.4, -0.2) is 32.2 Å². The summed E-state index contributed by atoms with van der Waals surface area (Å²) in [6, 6.07) is 18.5. The van der Waals surface area contributed by atoms with Crippen LogP contribution in [0.4, 0.5) is 0 Å². The molecule has 0 fully saturated rings. The summed E-state index contributed by atoms with van der Waals surface area (Å²) in [5.41, 5.74) is 3.13. The molecule has 0 amide bonds. The molecule has 0 aliphatic heterocycles.